The summed E-state index contributed by atoms with van der Waals surface area (Å²) in [5.41, 5.74) is 2.83. The highest BCUT2D eigenvalue weighted by Crippen LogP contribution is 2.28. The molecule has 0 aliphatic heterocycles. The van der Waals surface area contributed by atoms with Gasteiger partial charge in [-0.2, -0.15) is 0 Å². The number of rotatable bonds is 14. The van der Waals surface area contributed by atoms with Crippen LogP contribution < -0.4 is 14.8 Å². The molecule has 1 aromatic heterocycles. The molecule has 3 aromatic rings. The summed E-state index contributed by atoms with van der Waals surface area (Å²) >= 11 is 7.60. The smallest absolute Gasteiger partial charge is 0.270 e. The molecule has 0 spiro atoms. The van der Waals surface area contributed by atoms with Gasteiger partial charge in [-0.1, -0.05) is 49.6 Å². The Hall–Kier alpha value is -2.61. The number of nitrogens with zero attached hydrogens (tertiary/aromatic N) is 2. The molecule has 0 bridgehead atoms. The Morgan fingerprint density at radius 2 is 1.77 bits per heavy atom. The minimum atomic E-state index is -0.0989. The van der Waals surface area contributed by atoms with Crippen molar-refractivity contribution in [1.29, 1.82) is 0 Å². The third-order valence-corrected chi connectivity index (χ3v) is 6.78. The number of carbonyl (C=O) groups excluding carboxylic acids is 1. The number of carbonyl (C=O) groups is 1. The molecule has 8 heteroatoms. The number of methoxy groups -OCH3 is 2. The normalized spacial score (nSPS) is 11.0. The molecule has 0 fully saturated rings. The molecule has 3 rings (SSSR count). The van der Waals surface area contributed by atoms with Crippen molar-refractivity contribution < 1.29 is 14.3 Å². The molecule has 6 nitrogen and oxygen atoms in total. The Morgan fingerprint density at radius 3 is 2.49 bits per heavy atom. The van der Waals surface area contributed by atoms with E-state index >= 15 is 0 Å². The van der Waals surface area contributed by atoms with Crippen LogP contribution in [0.2, 0.25) is 5.02 Å². The lowest BCUT2D eigenvalue weighted by atomic mass is 10.1. The lowest BCUT2D eigenvalue weighted by Gasteiger charge is -2.22. The second-order valence-corrected chi connectivity index (χ2v) is 9.75. The van der Waals surface area contributed by atoms with Crippen molar-refractivity contribution in [2.24, 2.45) is 0 Å². The van der Waals surface area contributed by atoms with E-state index in [2.05, 4.69) is 28.2 Å². The Morgan fingerprint density at radius 1 is 1.03 bits per heavy atom. The summed E-state index contributed by atoms with van der Waals surface area (Å²) in [7, 11) is 3.29. The van der Waals surface area contributed by atoms with E-state index in [1.807, 2.05) is 41.8 Å². The molecule has 0 aliphatic rings. The van der Waals surface area contributed by atoms with Crippen molar-refractivity contribution in [2.45, 2.75) is 45.7 Å². The molecule has 1 amide bonds. The number of aromatic nitrogens is 1. The third-order valence-electron chi connectivity index (χ3n) is 5.69. The summed E-state index contributed by atoms with van der Waals surface area (Å²) in [6, 6.07) is 13.9. The number of hydrogen-bond acceptors (Lipinski definition) is 6. The average Bonchev–Trinajstić information content (AvgIpc) is 3.34. The average molecular weight is 516 g/mol. The molecule has 0 atom stereocenters. The fourth-order valence-electron chi connectivity index (χ4n) is 3.73. The van der Waals surface area contributed by atoms with Crippen molar-refractivity contribution in [3.05, 3.63) is 74.7 Å². The van der Waals surface area contributed by atoms with Crippen molar-refractivity contribution in [3.63, 3.8) is 0 Å². The molecule has 0 saturated carbocycles. The summed E-state index contributed by atoms with van der Waals surface area (Å²) in [5, 5.41) is 6.46. The predicted octanol–water partition coefficient (Wildman–Crippen LogP) is 5.98. The van der Waals surface area contributed by atoms with Crippen LogP contribution in [0.25, 0.3) is 0 Å². The second kappa shape index (κ2) is 14.1. The number of ether oxygens (including phenoxy) is 2. The van der Waals surface area contributed by atoms with Crippen LogP contribution in [0.5, 0.6) is 11.5 Å². The number of benzene rings is 2. The van der Waals surface area contributed by atoms with Crippen molar-refractivity contribution in [1.82, 2.24) is 15.2 Å². The van der Waals surface area contributed by atoms with E-state index in [0.29, 0.717) is 18.8 Å². The standard InChI is InChI=1S/C27H34ClN3O3S/c1-4-5-6-14-29-27(32)23-19-35-26(30-23)18-31(17-21-7-10-22(28)11-8-21)15-13-20-9-12-24(33-2)25(16-20)34-3/h7-12,16,19H,4-6,13-15,17-18H2,1-3H3,(H,29,32). The Balaban J connectivity index is 1.67. The summed E-state index contributed by atoms with van der Waals surface area (Å²) < 4.78 is 10.8. The van der Waals surface area contributed by atoms with Gasteiger partial charge in [-0.3, -0.25) is 9.69 Å². The molecule has 0 saturated heterocycles. The van der Waals surface area contributed by atoms with Gasteiger partial charge in [0, 0.05) is 30.0 Å². The maximum absolute atomic E-state index is 12.4. The number of nitrogens with one attached hydrogen (secondary N) is 1. The Labute approximate surface area is 217 Å². The van der Waals surface area contributed by atoms with Gasteiger partial charge in [0.2, 0.25) is 0 Å². The van der Waals surface area contributed by atoms with Crippen LogP contribution in [-0.2, 0) is 19.5 Å². The fourth-order valence-corrected chi connectivity index (χ4v) is 4.67. The SMILES string of the molecule is CCCCCNC(=O)c1csc(CN(CCc2ccc(OC)c(OC)c2)Cc2ccc(Cl)cc2)n1. The molecule has 0 aliphatic carbocycles. The molecule has 1 N–H and O–H groups in total. The maximum Gasteiger partial charge on any atom is 0.270 e. The number of hydrogen-bond donors (Lipinski definition) is 1. The molecule has 1 heterocycles. The summed E-state index contributed by atoms with van der Waals surface area (Å²) in [6.07, 6.45) is 4.07. The van der Waals surface area contributed by atoms with E-state index in [1.54, 1.807) is 14.2 Å². The van der Waals surface area contributed by atoms with Crippen molar-refractivity contribution in [2.75, 3.05) is 27.3 Å². The Kier molecular flexibility index (Phi) is 10.8. The number of thiazole rings is 1. The largest absolute Gasteiger partial charge is 0.493 e. The molecular weight excluding hydrogens is 482 g/mol. The zero-order chi connectivity index (χ0) is 25.0. The van der Waals surface area contributed by atoms with Crippen LogP contribution in [0, 0.1) is 0 Å². The molecule has 188 valence electrons. The Bertz CT molecular complexity index is 1070. The van der Waals surface area contributed by atoms with Crippen LogP contribution in [0.15, 0.2) is 47.8 Å². The van der Waals surface area contributed by atoms with E-state index < -0.39 is 0 Å². The lowest BCUT2D eigenvalue weighted by Crippen LogP contribution is -2.26. The van der Waals surface area contributed by atoms with Crippen LogP contribution in [0.3, 0.4) is 0 Å². The first-order valence-electron chi connectivity index (χ1n) is 11.9. The van der Waals surface area contributed by atoms with Gasteiger partial charge in [-0.25, -0.2) is 4.98 Å². The highest BCUT2D eigenvalue weighted by atomic mass is 35.5. The predicted molar refractivity (Wildman–Crippen MR) is 143 cm³/mol. The van der Waals surface area contributed by atoms with E-state index in [4.69, 9.17) is 21.1 Å². The first-order valence-corrected chi connectivity index (χ1v) is 13.2. The molecule has 0 unspecified atom stereocenters. The monoisotopic (exact) mass is 515 g/mol. The van der Waals surface area contributed by atoms with Gasteiger partial charge in [0.15, 0.2) is 11.5 Å². The number of amides is 1. The van der Waals surface area contributed by atoms with Gasteiger partial charge >= 0.3 is 0 Å². The zero-order valence-electron chi connectivity index (χ0n) is 20.7. The molecule has 2 aromatic carbocycles. The van der Waals surface area contributed by atoms with Crippen molar-refractivity contribution >= 4 is 28.8 Å². The first kappa shape index (κ1) is 27.0. The van der Waals surface area contributed by atoms with Gasteiger partial charge in [-0.15, -0.1) is 11.3 Å². The minimum absolute atomic E-state index is 0.0989. The van der Waals surface area contributed by atoms with Gasteiger partial charge < -0.3 is 14.8 Å². The lowest BCUT2D eigenvalue weighted by molar-refractivity contribution is 0.0948. The highest BCUT2D eigenvalue weighted by Gasteiger charge is 2.15. The van der Waals surface area contributed by atoms with Gasteiger partial charge in [0.1, 0.15) is 10.7 Å². The van der Waals surface area contributed by atoms with Gasteiger partial charge in [-0.05, 0) is 48.2 Å². The summed E-state index contributed by atoms with van der Waals surface area (Å²) in [6.45, 7) is 5.06. The summed E-state index contributed by atoms with van der Waals surface area (Å²) in [4.78, 5) is 19.4. The highest BCUT2D eigenvalue weighted by molar-refractivity contribution is 7.09. The minimum Gasteiger partial charge on any atom is -0.493 e. The molecule has 0 radical (unpaired) electrons. The van der Waals surface area contributed by atoms with Crippen LogP contribution >= 0.6 is 22.9 Å². The van der Waals surface area contributed by atoms with Crippen LogP contribution in [0.1, 0.15) is 52.8 Å². The van der Waals surface area contributed by atoms with E-state index in [9.17, 15) is 4.79 Å². The second-order valence-electron chi connectivity index (χ2n) is 8.37. The zero-order valence-corrected chi connectivity index (χ0v) is 22.3. The van der Waals surface area contributed by atoms with Gasteiger partial charge in [0.25, 0.3) is 5.91 Å². The quantitative estimate of drug-likeness (QED) is 0.268. The number of halogens is 1. The van der Waals surface area contributed by atoms with E-state index in [1.165, 1.54) is 16.9 Å². The molecular formula is C27H34ClN3O3S. The molecule has 35 heavy (non-hydrogen) atoms. The summed E-state index contributed by atoms with van der Waals surface area (Å²) in [5.74, 6) is 1.35. The van der Waals surface area contributed by atoms with Crippen molar-refractivity contribution in [3.8, 4) is 11.5 Å². The van der Waals surface area contributed by atoms with Crippen LogP contribution in [-0.4, -0.2) is 43.1 Å². The maximum atomic E-state index is 12.4. The van der Waals surface area contributed by atoms with E-state index in [0.717, 1.165) is 65.9 Å². The first-order chi connectivity index (χ1) is 17.0. The number of unbranched alkanes of at least 4 members (excludes halogenated alkanes) is 2. The van der Waals surface area contributed by atoms with Gasteiger partial charge in [0.05, 0.1) is 20.8 Å². The van der Waals surface area contributed by atoms with Crippen LogP contribution in [0.4, 0.5) is 0 Å². The fraction of sp³-hybridized carbons (Fsp3) is 0.407. The van der Waals surface area contributed by atoms with E-state index in [-0.39, 0.29) is 5.91 Å². The third kappa shape index (κ3) is 8.53. The topological polar surface area (TPSA) is 63.7 Å².